The van der Waals surface area contributed by atoms with E-state index in [2.05, 4.69) is 36.5 Å². The van der Waals surface area contributed by atoms with Gasteiger partial charge in [0.15, 0.2) is 0 Å². The molecule has 0 fully saturated rings. The molecule has 2 aromatic carbocycles. The number of hydrogen-bond donors (Lipinski definition) is 1. The van der Waals surface area contributed by atoms with E-state index in [-0.39, 0.29) is 5.82 Å². The van der Waals surface area contributed by atoms with Gasteiger partial charge >= 0.3 is 0 Å². The first kappa shape index (κ1) is 14.3. The zero-order valence-electron chi connectivity index (χ0n) is 12.5. The summed E-state index contributed by atoms with van der Waals surface area (Å²) >= 11 is 0. The zero-order valence-corrected chi connectivity index (χ0v) is 12.5. The van der Waals surface area contributed by atoms with Crippen molar-refractivity contribution in [2.75, 3.05) is 0 Å². The molecule has 0 saturated heterocycles. The lowest BCUT2D eigenvalue weighted by atomic mass is 9.88. The molecule has 1 N–H and O–H groups in total. The summed E-state index contributed by atoms with van der Waals surface area (Å²) in [6, 6.07) is 16.5. The summed E-state index contributed by atoms with van der Waals surface area (Å²) in [7, 11) is 0. The quantitative estimate of drug-likeness (QED) is 0.897. The first-order valence-corrected chi connectivity index (χ1v) is 7.78. The average molecular weight is 283 g/mol. The van der Waals surface area contributed by atoms with Crippen LogP contribution in [0.15, 0.2) is 48.5 Å². The molecule has 110 valence electrons. The van der Waals surface area contributed by atoms with Crippen molar-refractivity contribution in [2.24, 2.45) is 0 Å². The SMILES string of the molecule is CC(Cc1ccc(F)cc1)NC1CCc2ccccc2C1. The molecule has 0 aliphatic heterocycles. The molecule has 0 saturated carbocycles. The van der Waals surface area contributed by atoms with Gasteiger partial charge in [-0.3, -0.25) is 0 Å². The fourth-order valence-corrected chi connectivity index (χ4v) is 3.28. The molecular formula is C19H22FN. The first-order chi connectivity index (χ1) is 10.2. The molecule has 0 amide bonds. The van der Waals surface area contributed by atoms with Gasteiger partial charge in [-0.2, -0.15) is 0 Å². The highest BCUT2D eigenvalue weighted by atomic mass is 19.1. The molecule has 0 heterocycles. The van der Waals surface area contributed by atoms with Crippen molar-refractivity contribution in [3.8, 4) is 0 Å². The Morgan fingerprint density at radius 1 is 1.10 bits per heavy atom. The number of aryl methyl sites for hydroxylation is 1. The fraction of sp³-hybridized carbons (Fsp3) is 0.368. The summed E-state index contributed by atoms with van der Waals surface area (Å²) in [5, 5.41) is 3.73. The molecule has 1 nitrogen and oxygen atoms in total. The number of benzene rings is 2. The minimum atomic E-state index is -0.164. The third kappa shape index (κ3) is 3.70. The Morgan fingerprint density at radius 3 is 2.57 bits per heavy atom. The van der Waals surface area contributed by atoms with E-state index < -0.39 is 0 Å². The third-order valence-electron chi connectivity index (χ3n) is 4.32. The van der Waals surface area contributed by atoms with Crippen molar-refractivity contribution in [3.63, 3.8) is 0 Å². The summed E-state index contributed by atoms with van der Waals surface area (Å²) in [6.07, 6.45) is 4.42. The van der Waals surface area contributed by atoms with Crippen LogP contribution in [0, 0.1) is 5.82 Å². The lowest BCUT2D eigenvalue weighted by molar-refractivity contribution is 0.405. The molecule has 0 bridgehead atoms. The summed E-state index contributed by atoms with van der Waals surface area (Å²) in [6.45, 7) is 2.21. The zero-order chi connectivity index (χ0) is 14.7. The van der Waals surface area contributed by atoms with E-state index >= 15 is 0 Å². The van der Waals surface area contributed by atoms with E-state index in [1.54, 1.807) is 12.1 Å². The van der Waals surface area contributed by atoms with Crippen molar-refractivity contribution in [1.29, 1.82) is 0 Å². The predicted molar refractivity (Wildman–Crippen MR) is 85.0 cm³/mol. The van der Waals surface area contributed by atoms with Gasteiger partial charge < -0.3 is 5.32 Å². The average Bonchev–Trinajstić information content (AvgIpc) is 2.49. The maximum Gasteiger partial charge on any atom is 0.123 e. The van der Waals surface area contributed by atoms with Gasteiger partial charge in [-0.1, -0.05) is 36.4 Å². The Balaban J connectivity index is 1.56. The topological polar surface area (TPSA) is 12.0 Å². The number of rotatable bonds is 4. The Hall–Kier alpha value is -1.67. The van der Waals surface area contributed by atoms with Crippen molar-refractivity contribution in [3.05, 3.63) is 71.0 Å². The van der Waals surface area contributed by atoms with Crippen LogP contribution in [0.25, 0.3) is 0 Å². The van der Waals surface area contributed by atoms with Crippen molar-refractivity contribution < 1.29 is 4.39 Å². The standard InChI is InChI=1S/C19H22FN/c1-14(12-15-6-9-18(20)10-7-15)21-19-11-8-16-4-2-3-5-17(16)13-19/h2-7,9-10,14,19,21H,8,11-13H2,1H3. The van der Waals surface area contributed by atoms with Crippen LogP contribution in [-0.4, -0.2) is 12.1 Å². The Morgan fingerprint density at radius 2 is 1.81 bits per heavy atom. The lowest BCUT2D eigenvalue weighted by Crippen LogP contribution is -2.41. The van der Waals surface area contributed by atoms with Gasteiger partial charge in [-0.05, 0) is 61.4 Å². The van der Waals surface area contributed by atoms with Gasteiger partial charge in [0.05, 0.1) is 0 Å². The van der Waals surface area contributed by atoms with Crippen LogP contribution in [0.1, 0.15) is 30.0 Å². The summed E-state index contributed by atoms with van der Waals surface area (Å²) in [4.78, 5) is 0. The Bertz CT molecular complexity index is 591. The minimum Gasteiger partial charge on any atom is -0.311 e. The molecule has 0 spiro atoms. The number of halogens is 1. The monoisotopic (exact) mass is 283 g/mol. The van der Waals surface area contributed by atoms with Gasteiger partial charge in [-0.25, -0.2) is 4.39 Å². The lowest BCUT2D eigenvalue weighted by Gasteiger charge is -2.28. The molecule has 2 unspecified atom stereocenters. The number of fused-ring (bicyclic) bond motifs is 1. The van der Waals surface area contributed by atoms with Gasteiger partial charge in [0, 0.05) is 12.1 Å². The molecule has 21 heavy (non-hydrogen) atoms. The molecule has 2 heteroatoms. The normalized spacial score (nSPS) is 19.0. The highest BCUT2D eigenvalue weighted by molar-refractivity contribution is 5.30. The first-order valence-electron chi connectivity index (χ1n) is 7.78. The van der Waals surface area contributed by atoms with Crippen LogP contribution in [0.4, 0.5) is 4.39 Å². The Labute approximate surface area is 126 Å². The van der Waals surface area contributed by atoms with Crippen molar-refractivity contribution in [1.82, 2.24) is 5.32 Å². The molecule has 1 aliphatic rings. The van der Waals surface area contributed by atoms with E-state index in [1.165, 1.54) is 23.1 Å². The van der Waals surface area contributed by atoms with Gasteiger partial charge in [-0.15, -0.1) is 0 Å². The number of nitrogens with one attached hydrogen (secondary N) is 1. The van der Waals surface area contributed by atoms with Crippen LogP contribution >= 0.6 is 0 Å². The molecule has 0 aromatic heterocycles. The van der Waals surface area contributed by atoms with E-state index in [9.17, 15) is 4.39 Å². The smallest absolute Gasteiger partial charge is 0.123 e. The number of hydrogen-bond acceptors (Lipinski definition) is 1. The maximum absolute atomic E-state index is 12.9. The van der Waals surface area contributed by atoms with Gasteiger partial charge in [0.1, 0.15) is 5.82 Å². The van der Waals surface area contributed by atoms with Gasteiger partial charge in [0.2, 0.25) is 0 Å². The second-order valence-corrected chi connectivity index (χ2v) is 6.11. The molecule has 2 atom stereocenters. The van der Waals surface area contributed by atoms with Crippen LogP contribution in [0.2, 0.25) is 0 Å². The Kier molecular flexibility index (Phi) is 4.35. The predicted octanol–water partition coefficient (Wildman–Crippen LogP) is 3.90. The van der Waals surface area contributed by atoms with E-state index in [4.69, 9.17) is 0 Å². The van der Waals surface area contributed by atoms with E-state index in [0.29, 0.717) is 12.1 Å². The second-order valence-electron chi connectivity index (χ2n) is 6.11. The summed E-state index contributed by atoms with van der Waals surface area (Å²) in [5.41, 5.74) is 4.17. The highest BCUT2D eigenvalue weighted by Crippen LogP contribution is 2.21. The summed E-state index contributed by atoms with van der Waals surface area (Å²) in [5.74, 6) is -0.164. The molecule has 0 radical (unpaired) electrons. The molecule has 2 aromatic rings. The van der Waals surface area contributed by atoms with Gasteiger partial charge in [0.25, 0.3) is 0 Å². The van der Waals surface area contributed by atoms with Crippen LogP contribution in [0.3, 0.4) is 0 Å². The summed E-state index contributed by atoms with van der Waals surface area (Å²) < 4.78 is 12.9. The molecule has 3 rings (SSSR count). The van der Waals surface area contributed by atoms with Crippen molar-refractivity contribution >= 4 is 0 Å². The third-order valence-corrected chi connectivity index (χ3v) is 4.32. The molecule has 1 aliphatic carbocycles. The van der Waals surface area contributed by atoms with Crippen LogP contribution < -0.4 is 5.32 Å². The van der Waals surface area contributed by atoms with E-state index in [0.717, 1.165) is 19.3 Å². The second kappa shape index (κ2) is 6.40. The van der Waals surface area contributed by atoms with E-state index in [1.807, 2.05) is 12.1 Å². The van der Waals surface area contributed by atoms with Crippen molar-refractivity contribution in [2.45, 2.75) is 44.7 Å². The fourth-order valence-electron chi connectivity index (χ4n) is 3.28. The van der Waals surface area contributed by atoms with Crippen LogP contribution in [0.5, 0.6) is 0 Å². The minimum absolute atomic E-state index is 0.164. The highest BCUT2D eigenvalue weighted by Gasteiger charge is 2.19. The largest absolute Gasteiger partial charge is 0.311 e. The maximum atomic E-state index is 12.9. The molecular weight excluding hydrogens is 261 g/mol. The van der Waals surface area contributed by atoms with Crippen LogP contribution in [-0.2, 0) is 19.3 Å².